The smallest absolute Gasteiger partial charge is 0.410 e. The Hall–Kier alpha value is -0.330. The Bertz CT molecular complexity index is 363. The zero-order valence-electron chi connectivity index (χ0n) is 16.0. The van der Waals surface area contributed by atoms with E-state index in [0.717, 1.165) is 0 Å². The number of hydrogen-bond donors (Lipinski definition) is 0. The third-order valence-corrected chi connectivity index (χ3v) is 4.10. The highest BCUT2D eigenvalue weighted by atomic mass is 79.9. The first kappa shape index (κ1) is 22.7. The molecule has 0 aromatic carbocycles. The summed E-state index contributed by atoms with van der Waals surface area (Å²) in [6.45, 7) is 17.6. The molecule has 0 saturated carbocycles. The van der Waals surface area contributed by atoms with Gasteiger partial charge in [-0.15, -0.1) is 0 Å². The molecule has 5 nitrogen and oxygen atoms in total. The van der Waals surface area contributed by atoms with Crippen molar-refractivity contribution < 1.29 is 19.0 Å². The summed E-state index contributed by atoms with van der Waals surface area (Å²) in [4.78, 5) is 13.9. The average Bonchev–Trinajstić information content (AvgIpc) is 2.38. The molecule has 0 aliphatic rings. The number of hydrogen-bond acceptors (Lipinski definition) is 4. The molecular weight excluding hydrogens is 362 g/mol. The third kappa shape index (κ3) is 11.0. The van der Waals surface area contributed by atoms with Crippen LogP contribution in [0.3, 0.4) is 0 Å². The van der Waals surface area contributed by atoms with Gasteiger partial charge in [-0.05, 0) is 55.4 Å². The molecule has 0 saturated heterocycles. The van der Waals surface area contributed by atoms with Gasteiger partial charge in [0.05, 0.1) is 31.0 Å². The van der Waals surface area contributed by atoms with Crippen LogP contribution in [0.1, 0.15) is 55.4 Å². The Labute approximate surface area is 150 Å². The Morgan fingerprint density at radius 2 is 1.48 bits per heavy atom. The van der Waals surface area contributed by atoms with Gasteiger partial charge in [0.15, 0.2) is 0 Å². The van der Waals surface area contributed by atoms with E-state index in [1.807, 2.05) is 55.4 Å². The van der Waals surface area contributed by atoms with E-state index in [4.69, 9.17) is 14.2 Å². The molecule has 0 N–H and O–H groups in total. The largest absolute Gasteiger partial charge is 0.444 e. The summed E-state index contributed by atoms with van der Waals surface area (Å²) in [7, 11) is 0. The lowest BCUT2D eigenvalue weighted by Gasteiger charge is -2.35. The Morgan fingerprint density at radius 1 is 0.957 bits per heavy atom. The molecule has 0 aromatic heterocycles. The lowest BCUT2D eigenvalue weighted by atomic mass is 10.1. The van der Waals surface area contributed by atoms with Crippen molar-refractivity contribution in [1.29, 1.82) is 0 Å². The van der Waals surface area contributed by atoms with Crippen LogP contribution in [-0.4, -0.2) is 59.4 Å². The van der Waals surface area contributed by atoms with Gasteiger partial charge in [-0.2, -0.15) is 0 Å². The van der Waals surface area contributed by atoms with Gasteiger partial charge in [0, 0.05) is 11.9 Å². The van der Waals surface area contributed by atoms with Crippen molar-refractivity contribution in [3.05, 3.63) is 0 Å². The fourth-order valence-corrected chi connectivity index (χ4v) is 2.14. The summed E-state index contributed by atoms with van der Waals surface area (Å²) in [5.41, 5.74) is -1.18. The zero-order chi connectivity index (χ0) is 18.3. The minimum absolute atomic E-state index is 0.180. The van der Waals surface area contributed by atoms with E-state index in [9.17, 15) is 4.79 Å². The van der Waals surface area contributed by atoms with Crippen molar-refractivity contribution in [2.24, 2.45) is 0 Å². The SMILES string of the molecule is CCN(CC(C)(CBr)OCCOC(C)(C)C)C(=O)OC(C)(C)C. The summed E-state index contributed by atoms with van der Waals surface area (Å²) < 4.78 is 17.1. The van der Waals surface area contributed by atoms with E-state index in [1.54, 1.807) is 4.90 Å². The van der Waals surface area contributed by atoms with Crippen molar-refractivity contribution >= 4 is 22.0 Å². The molecule has 138 valence electrons. The molecule has 0 fully saturated rings. The van der Waals surface area contributed by atoms with Crippen LogP contribution in [0.5, 0.6) is 0 Å². The van der Waals surface area contributed by atoms with Crippen molar-refractivity contribution in [3.8, 4) is 0 Å². The van der Waals surface area contributed by atoms with E-state index in [0.29, 0.717) is 31.6 Å². The maximum absolute atomic E-state index is 12.3. The molecule has 0 radical (unpaired) electrons. The van der Waals surface area contributed by atoms with Gasteiger partial charge in [-0.3, -0.25) is 0 Å². The normalized spacial score (nSPS) is 15.2. The fourth-order valence-electron chi connectivity index (χ4n) is 1.80. The van der Waals surface area contributed by atoms with Gasteiger partial charge in [-0.1, -0.05) is 15.9 Å². The van der Waals surface area contributed by atoms with Crippen LogP contribution in [0.4, 0.5) is 4.79 Å². The maximum atomic E-state index is 12.3. The molecular formula is C17H34BrNO4. The van der Waals surface area contributed by atoms with E-state index in [1.165, 1.54) is 0 Å². The number of halogens is 1. The highest BCUT2D eigenvalue weighted by molar-refractivity contribution is 9.09. The summed E-state index contributed by atoms with van der Waals surface area (Å²) in [5.74, 6) is 0. The predicted octanol–water partition coefficient (Wildman–Crippen LogP) is 4.23. The fraction of sp³-hybridized carbons (Fsp3) is 0.941. The molecule has 0 aromatic rings. The van der Waals surface area contributed by atoms with Crippen LogP contribution in [0.15, 0.2) is 0 Å². The Balaban J connectivity index is 4.58. The number of rotatable bonds is 8. The molecule has 23 heavy (non-hydrogen) atoms. The molecule has 0 aliphatic heterocycles. The minimum Gasteiger partial charge on any atom is -0.444 e. The van der Waals surface area contributed by atoms with Gasteiger partial charge in [0.2, 0.25) is 0 Å². The van der Waals surface area contributed by atoms with Gasteiger partial charge in [-0.25, -0.2) is 4.79 Å². The zero-order valence-corrected chi connectivity index (χ0v) is 17.6. The summed E-state index contributed by atoms with van der Waals surface area (Å²) in [6, 6.07) is 0. The molecule has 1 atom stereocenters. The van der Waals surface area contributed by atoms with Crippen LogP contribution in [0.25, 0.3) is 0 Å². The van der Waals surface area contributed by atoms with Gasteiger partial charge in [0.25, 0.3) is 0 Å². The van der Waals surface area contributed by atoms with E-state index in [-0.39, 0.29) is 11.7 Å². The molecule has 0 heterocycles. The van der Waals surface area contributed by atoms with Crippen LogP contribution >= 0.6 is 15.9 Å². The summed E-state index contributed by atoms with van der Waals surface area (Å²) in [6.07, 6.45) is -0.318. The third-order valence-electron chi connectivity index (χ3n) is 2.91. The van der Waals surface area contributed by atoms with Crippen molar-refractivity contribution in [3.63, 3.8) is 0 Å². The quantitative estimate of drug-likeness (QED) is 0.455. The van der Waals surface area contributed by atoms with Gasteiger partial charge in [0.1, 0.15) is 5.60 Å². The molecule has 0 rings (SSSR count). The van der Waals surface area contributed by atoms with Gasteiger partial charge < -0.3 is 19.1 Å². The van der Waals surface area contributed by atoms with Crippen molar-refractivity contribution in [2.45, 2.75) is 72.2 Å². The number of ether oxygens (including phenoxy) is 3. The number of alkyl halides is 1. The van der Waals surface area contributed by atoms with Crippen molar-refractivity contribution in [2.75, 3.05) is 31.6 Å². The molecule has 0 spiro atoms. The van der Waals surface area contributed by atoms with Crippen LogP contribution < -0.4 is 0 Å². The minimum atomic E-state index is -0.503. The second-order valence-corrected chi connectivity index (χ2v) is 8.45. The number of nitrogens with zero attached hydrogens (tertiary/aromatic N) is 1. The number of likely N-dealkylation sites (N-methyl/N-ethyl adjacent to an activating group) is 1. The number of carbonyl (C=O) groups is 1. The molecule has 1 amide bonds. The topological polar surface area (TPSA) is 48.0 Å². The number of carbonyl (C=O) groups excluding carboxylic acids is 1. The molecule has 6 heteroatoms. The predicted molar refractivity (Wildman–Crippen MR) is 97.3 cm³/mol. The highest BCUT2D eigenvalue weighted by Crippen LogP contribution is 2.18. The molecule has 1 unspecified atom stereocenters. The molecule has 0 aliphatic carbocycles. The first-order chi connectivity index (χ1) is 10.3. The summed E-state index contributed by atoms with van der Waals surface area (Å²) >= 11 is 3.49. The Morgan fingerprint density at radius 3 is 1.87 bits per heavy atom. The standard InChI is InChI=1S/C17H34BrNO4/c1-9-19(14(20)23-16(5,6)7)13-17(8,12-18)22-11-10-21-15(2,3)4/h9-13H2,1-8H3. The maximum Gasteiger partial charge on any atom is 0.410 e. The van der Waals surface area contributed by atoms with E-state index in [2.05, 4.69) is 15.9 Å². The second-order valence-electron chi connectivity index (χ2n) is 7.89. The average molecular weight is 396 g/mol. The number of amides is 1. The van der Waals surface area contributed by atoms with E-state index >= 15 is 0 Å². The Kier molecular flexibility index (Phi) is 9.10. The lowest BCUT2D eigenvalue weighted by Crippen LogP contribution is -2.48. The lowest BCUT2D eigenvalue weighted by molar-refractivity contribution is -0.0853. The highest BCUT2D eigenvalue weighted by Gasteiger charge is 2.31. The first-order valence-electron chi connectivity index (χ1n) is 8.14. The van der Waals surface area contributed by atoms with Crippen LogP contribution in [0, 0.1) is 0 Å². The van der Waals surface area contributed by atoms with Crippen LogP contribution in [-0.2, 0) is 14.2 Å². The molecule has 0 bridgehead atoms. The van der Waals surface area contributed by atoms with Crippen LogP contribution in [0.2, 0.25) is 0 Å². The monoisotopic (exact) mass is 395 g/mol. The van der Waals surface area contributed by atoms with Crippen molar-refractivity contribution in [1.82, 2.24) is 4.90 Å². The van der Waals surface area contributed by atoms with Gasteiger partial charge >= 0.3 is 6.09 Å². The van der Waals surface area contributed by atoms with E-state index < -0.39 is 11.2 Å². The first-order valence-corrected chi connectivity index (χ1v) is 9.26. The summed E-state index contributed by atoms with van der Waals surface area (Å²) in [5, 5.41) is 0.620. The second kappa shape index (κ2) is 9.23.